The van der Waals surface area contributed by atoms with E-state index < -0.39 is 5.60 Å². The van der Waals surface area contributed by atoms with Crippen LogP contribution in [0.2, 0.25) is 0 Å². The van der Waals surface area contributed by atoms with Crippen molar-refractivity contribution >= 4 is 22.5 Å². The van der Waals surface area contributed by atoms with Crippen molar-refractivity contribution in [3.63, 3.8) is 0 Å². The van der Waals surface area contributed by atoms with Gasteiger partial charge in [0.25, 0.3) is 0 Å². The lowest BCUT2D eigenvalue weighted by atomic mass is 9.85. The minimum absolute atomic E-state index is 0.267. The molecule has 6 nitrogen and oxygen atoms in total. The Labute approximate surface area is 139 Å². The third-order valence-corrected chi connectivity index (χ3v) is 4.92. The highest BCUT2D eigenvalue weighted by atomic mass is 32.1. The maximum absolute atomic E-state index is 11.9. The third kappa shape index (κ3) is 4.27. The van der Waals surface area contributed by atoms with E-state index in [1.54, 1.807) is 0 Å². The minimum atomic E-state index is -0.772. The second-order valence-corrected chi connectivity index (χ2v) is 6.85. The number of nitrogens with one attached hydrogen (secondary N) is 2. The predicted molar refractivity (Wildman–Crippen MR) is 90.4 cm³/mol. The maximum Gasteiger partial charge on any atom is 0.321 e. The average Bonchev–Trinajstić information content (AvgIpc) is 3.03. The van der Waals surface area contributed by atoms with Crippen LogP contribution in [0.4, 0.5) is 9.93 Å². The molecule has 1 heterocycles. The minimum Gasteiger partial charge on any atom is -0.388 e. The number of rotatable bonds is 4. The number of carbonyl (C=O) groups excluding carboxylic acids is 1. The van der Waals surface area contributed by atoms with Gasteiger partial charge in [0, 0.05) is 12.1 Å². The van der Waals surface area contributed by atoms with Gasteiger partial charge >= 0.3 is 6.03 Å². The van der Waals surface area contributed by atoms with Crippen LogP contribution < -0.4 is 10.6 Å². The number of benzene rings is 1. The predicted octanol–water partition coefficient (Wildman–Crippen LogP) is 3.02. The summed E-state index contributed by atoms with van der Waals surface area (Å²) in [5.74, 6) is 0. The van der Waals surface area contributed by atoms with Crippen LogP contribution in [0.15, 0.2) is 30.3 Å². The highest BCUT2D eigenvalue weighted by Crippen LogP contribution is 2.28. The number of carbonyl (C=O) groups is 1. The van der Waals surface area contributed by atoms with Crippen molar-refractivity contribution in [3.8, 4) is 10.6 Å². The molecule has 2 aromatic rings. The summed E-state index contributed by atoms with van der Waals surface area (Å²) in [6.07, 6.45) is 4.66. The summed E-state index contributed by atoms with van der Waals surface area (Å²) >= 11 is 1.32. The fraction of sp³-hybridized carbons (Fsp3) is 0.438. The van der Waals surface area contributed by atoms with Gasteiger partial charge in [0.1, 0.15) is 5.01 Å². The van der Waals surface area contributed by atoms with Crippen LogP contribution in [0.3, 0.4) is 0 Å². The number of nitrogens with zero attached hydrogens (tertiary/aromatic N) is 2. The quantitative estimate of drug-likeness (QED) is 0.803. The van der Waals surface area contributed by atoms with Crippen molar-refractivity contribution in [2.45, 2.75) is 37.7 Å². The van der Waals surface area contributed by atoms with E-state index in [0.29, 0.717) is 5.13 Å². The van der Waals surface area contributed by atoms with Crippen LogP contribution in [-0.2, 0) is 0 Å². The van der Waals surface area contributed by atoms with E-state index in [4.69, 9.17) is 0 Å². The molecule has 0 spiro atoms. The molecule has 0 radical (unpaired) electrons. The van der Waals surface area contributed by atoms with Crippen LogP contribution in [-0.4, -0.2) is 33.5 Å². The number of aromatic nitrogens is 2. The van der Waals surface area contributed by atoms with Crippen LogP contribution in [0.25, 0.3) is 10.6 Å². The SMILES string of the molecule is O=C(NCC1(O)CCCCC1)Nc1nnc(-c2ccccc2)s1. The molecule has 3 rings (SSSR count). The number of aliphatic hydroxyl groups is 1. The molecule has 1 saturated carbocycles. The molecule has 1 aliphatic carbocycles. The summed E-state index contributed by atoms with van der Waals surface area (Å²) in [6.45, 7) is 0.267. The van der Waals surface area contributed by atoms with Crippen molar-refractivity contribution in [2.75, 3.05) is 11.9 Å². The second kappa shape index (κ2) is 7.06. The highest BCUT2D eigenvalue weighted by molar-refractivity contribution is 7.18. The van der Waals surface area contributed by atoms with Crippen LogP contribution in [0, 0.1) is 0 Å². The van der Waals surface area contributed by atoms with E-state index in [9.17, 15) is 9.90 Å². The number of amides is 2. The van der Waals surface area contributed by atoms with Gasteiger partial charge in [-0.05, 0) is 12.8 Å². The Morgan fingerprint density at radius 1 is 1.17 bits per heavy atom. The summed E-state index contributed by atoms with van der Waals surface area (Å²) in [6, 6.07) is 9.33. The molecular formula is C16H20N4O2S. The first-order valence-electron chi connectivity index (χ1n) is 7.81. The summed E-state index contributed by atoms with van der Waals surface area (Å²) in [5.41, 5.74) is 0.196. The summed E-state index contributed by atoms with van der Waals surface area (Å²) < 4.78 is 0. The smallest absolute Gasteiger partial charge is 0.321 e. The number of hydrogen-bond donors (Lipinski definition) is 3. The van der Waals surface area contributed by atoms with Gasteiger partial charge in [0.15, 0.2) is 0 Å². The average molecular weight is 332 g/mol. The van der Waals surface area contributed by atoms with Crippen LogP contribution in [0.1, 0.15) is 32.1 Å². The second-order valence-electron chi connectivity index (χ2n) is 5.87. The van der Waals surface area contributed by atoms with Gasteiger partial charge < -0.3 is 10.4 Å². The zero-order valence-corrected chi connectivity index (χ0v) is 13.6. The Bertz CT molecular complexity index is 653. The first-order chi connectivity index (χ1) is 11.1. The fourth-order valence-electron chi connectivity index (χ4n) is 2.74. The van der Waals surface area contributed by atoms with E-state index >= 15 is 0 Å². The molecule has 1 aromatic carbocycles. The normalized spacial score (nSPS) is 16.7. The van der Waals surface area contributed by atoms with E-state index in [1.807, 2.05) is 30.3 Å². The van der Waals surface area contributed by atoms with Gasteiger partial charge in [0.05, 0.1) is 5.60 Å². The zero-order chi connectivity index (χ0) is 16.1. The lowest BCUT2D eigenvalue weighted by molar-refractivity contribution is 0.00755. The number of hydrogen-bond acceptors (Lipinski definition) is 5. The molecule has 3 N–H and O–H groups in total. The molecule has 2 amide bonds. The molecule has 122 valence electrons. The Hall–Kier alpha value is -1.99. The third-order valence-electron chi connectivity index (χ3n) is 4.03. The molecule has 7 heteroatoms. The Balaban J connectivity index is 1.53. The topological polar surface area (TPSA) is 87.1 Å². The lowest BCUT2D eigenvalue weighted by Gasteiger charge is -2.31. The number of anilines is 1. The molecule has 23 heavy (non-hydrogen) atoms. The van der Waals surface area contributed by atoms with Gasteiger partial charge in [-0.1, -0.05) is 60.9 Å². The molecule has 0 saturated heterocycles. The molecule has 1 aromatic heterocycles. The van der Waals surface area contributed by atoms with E-state index in [0.717, 1.165) is 42.7 Å². The first kappa shape index (κ1) is 15.9. The molecule has 0 unspecified atom stereocenters. The Morgan fingerprint density at radius 3 is 2.65 bits per heavy atom. The van der Waals surface area contributed by atoms with E-state index in [-0.39, 0.29) is 12.6 Å². The molecule has 0 aliphatic heterocycles. The maximum atomic E-state index is 11.9. The van der Waals surface area contributed by atoms with Crippen LogP contribution >= 0.6 is 11.3 Å². The van der Waals surface area contributed by atoms with Gasteiger partial charge in [-0.3, -0.25) is 5.32 Å². The first-order valence-corrected chi connectivity index (χ1v) is 8.62. The van der Waals surface area contributed by atoms with Crippen molar-refractivity contribution in [3.05, 3.63) is 30.3 Å². The zero-order valence-electron chi connectivity index (χ0n) is 12.8. The Morgan fingerprint density at radius 2 is 1.91 bits per heavy atom. The van der Waals surface area contributed by atoms with E-state index in [1.165, 1.54) is 11.3 Å². The summed E-state index contributed by atoms with van der Waals surface area (Å²) in [7, 11) is 0. The summed E-state index contributed by atoms with van der Waals surface area (Å²) in [5, 5.41) is 25.0. The van der Waals surface area contributed by atoms with Gasteiger partial charge in [0.2, 0.25) is 5.13 Å². The van der Waals surface area contributed by atoms with Crippen molar-refractivity contribution in [1.29, 1.82) is 0 Å². The highest BCUT2D eigenvalue weighted by Gasteiger charge is 2.29. The molecule has 0 bridgehead atoms. The van der Waals surface area contributed by atoms with Gasteiger partial charge in [-0.2, -0.15) is 0 Å². The van der Waals surface area contributed by atoms with Crippen molar-refractivity contribution < 1.29 is 9.90 Å². The lowest BCUT2D eigenvalue weighted by Crippen LogP contribution is -2.45. The van der Waals surface area contributed by atoms with Crippen molar-refractivity contribution in [2.24, 2.45) is 0 Å². The summed E-state index contributed by atoms with van der Waals surface area (Å²) in [4.78, 5) is 11.9. The standard InChI is InChI=1S/C16H20N4O2S/c21-14(17-11-16(22)9-5-2-6-10-16)18-15-20-19-13(23-15)12-7-3-1-4-8-12/h1,3-4,7-8,22H,2,5-6,9-11H2,(H2,17,18,20,21). The van der Waals surface area contributed by atoms with Gasteiger partial charge in [-0.25, -0.2) is 4.79 Å². The van der Waals surface area contributed by atoms with Crippen molar-refractivity contribution in [1.82, 2.24) is 15.5 Å². The van der Waals surface area contributed by atoms with E-state index in [2.05, 4.69) is 20.8 Å². The fourth-order valence-corrected chi connectivity index (χ4v) is 3.49. The number of urea groups is 1. The van der Waals surface area contributed by atoms with Gasteiger partial charge in [-0.15, -0.1) is 10.2 Å². The van der Waals surface area contributed by atoms with Crippen LogP contribution in [0.5, 0.6) is 0 Å². The molecule has 1 aliphatic rings. The molecule has 0 atom stereocenters. The largest absolute Gasteiger partial charge is 0.388 e. The Kier molecular flexibility index (Phi) is 4.88. The molecule has 1 fully saturated rings. The molecular weight excluding hydrogens is 312 g/mol. The monoisotopic (exact) mass is 332 g/mol.